The summed E-state index contributed by atoms with van der Waals surface area (Å²) < 4.78 is 10.5. The number of anilines is 1. The maximum absolute atomic E-state index is 12.4. The molecule has 138 valence electrons. The molecule has 2 aromatic carbocycles. The van der Waals surface area contributed by atoms with Gasteiger partial charge in [-0.15, -0.1) is 0 Å². The number of carbonyl (C=O) groups is 1. The van der Waals surface area contributed by atoms with Crippen LogP contribution in [0.5, 0.6) is 5.75 Å². The van der Waals surface area contributed by atoms with Crippen LogP contribution in [0.25, 0.3) is 11.3 Å². The third kappa shape index (κ3) is 3.89. The molecule has 0 saturated carbocycles. The van der Waals surface area contributed by atoms with Gasteiger partial charge in [0.25, 0.3) is 5.91 Å². The molecule has 0 bridgehead atoms. The van der Waals surface area contributed by atoms with Crippen LogP contribution in [0.4, 0.5) is 11.4 Å². The van der Waals surface area contributed by atoms with Gasteiger partial charge in [-0.05, 0) is 36.4 Å². The zero-order valence-corrected chi connectivity index (χ0v) is 15.4. The summed E-state index contributed by atoms with van der Waals surface area (Å²) >= 11 is 12.1. The number of benzene rings is 2. The molecule has 27 heavy (non-hydrogen) atoms. The van der Waals surface area contributed by atoms with Gasteiger partial charge in [-0.25, -0.2) is 0 Å². The van der Waals surface area contributed by atoms with E-state index < -0.39 is 10.8 Å². The topological polar surface area (TPSA) is 94.6 Å². The van der Waals surface area contributed by atoms with Gasteiger partial charge in [0.05, 0.1) is 22.1 Å². The number of nitro benzene ring substituents is 1. The van der Waals surface area contributed by atoms with Crippen molar-refractivity contribution in [1.82, 2.24) is 0 Å². The van der Waals surface area contributed by atoms with Gasteiger partial charge in [0.2, 0.25) is 0 Å². The Bertz CT molecular complexity index is 1030. The molecule has 1 aromatic heterocycles. The van der Waals surface area contributed by atoms with Gasteiger partial charge < -0.3 is 14.5 Å². The van der Waals surface area contributed by atoms with E-state index in [0.29, 0.717) is 21.4 Å². The zero-order valence-electron chi connectivity index (χ0n) is 13.9. The van der Waals surface area contributed by atoms with Gasteiger partial charge in [-0.2, -0.15) is 0 Å². The highest BCUT2D eigenvalue weighted by molar-refractivity contribution is 6.43. The molecule has 0 fully saturated rings. The minimum absolute atomic E-state index is 0.0134. The van der Waals surface area contributed by atoms with Crippen molar-refractivity contribution in [3.05, 3.63) is 74.5 Å². The minimum Gasteiger partial charge on any atom is -0.490 e. The first-order chi connectivity index (χ1) is 12.9. The summed E-state index contributed by atoms with van der Waals surface area (Å²) in [5, 5.41) is 14.3. The van der Waals surface area contributed by atoms with Crippen LogP contribution in [0, 0.1) is 10.1 Å². The lowest BCUT2D eigenvalue weighted by Gasteiger charge is -2.06. The van der Waals surface area contributed by atoms with Crippen molar-refractivity contribution < 1.29 is 18.9 Å². The molecule has 7 nitrogen and oxygen atoms in total. The van der Waals surface area contributed by atoms with E-state index >= 15 is 0 Å². The summed E-state index contributed by atoms with van der Waals surface area (Å²) in [5.41, 5.74) is 0.510. The van der Waals surface area contributed by atoms with Crippen LogP contribution in [0.15, 0.2) is 52.9 Å². The number of hydrogen-bond acceptors (Lipinski definition) is 5. The van der Waals surface area contributed by atoms with Crippen LogP contribution >= 0.6 is 23.2 Å². The van der Waals surface area contributed by atoms with Crippen molar-refractivity contribution in [2.75, 3.05) is 12.4 Å². The summed E-state index contributed by atoms with van der Waals surface area (Å²) in [6, 6.07) is 12.2. The highest BCUT2D eigenvalue weighted by atomic mass is 35.5. The SMILES string of the molecule is COc1ccc(NC(=O)c2ccc(-c3cccc(Cl)c3Cl)o2)cc1[N+](=O)[O-]. The average molecular weight is 407 g/mol. The molecule has 0 atom stereocenters. The third-order valence-corrected chi connectivity index (χ3v) is 4.50. The van der Waals surface area contributed by atoms with Crippen molar-refractivity contribution >= 4 is 40.5 Å². The van der Waals surface area contributed by atoms with Crippen molar-refractivity contribution in [3.63, 3.8) is 0 Å². The lowest BCUT2D eigenvalue weighted by molar-refractivity contribution is -0.385. The van der Waals surface area contributed by atoms with Crippen LogP contribution in [0.2, 0.25) is 10.0 Å². The van der Waals surface area contributed by atoms with Gasteiger partial charge >= 0.3 is 5.69 Å². The average Bonchev–Trinajstić information content (AvgIpc) is 3.14. The van der Waals surface area contributed by atoms with E-state index in [1.54, 1.807) is 24.3 Å². The van der Waals surface area contributed by atoms with E-state index in [1.807, 2.05) is 0 Å². The van der Waals surface area contributed by atoms with Crippen LogP contribution in [-0.2, 0) is 0 Å². The first kappa shape index (κ1) is 18.8. The number of carbonyl (C=O) groups excluding carboxylic acids is 1. The summed E-state index contributed by atoms with van der Waals surface area (Å²) in [6.45, 7) is 0. The number of halogens is 2. The standard InChI is InChI=1S/C18H12Cl2N2O5/c1-26-15-6-5-10(9-13(15)22(24)25)21-18(23)16-8-7-14(27-16)11-3-2-4-12(19)17(11)20/h2-9H,1H3,(H,21,23). The highest BCUT2D eigenvalue weighted by Crippen LogP contribution is 2.34. The Kier molecular flexibility index (Phi) is 5.34. The second kappa shape index (κ2) is 7.69. The Labute approximate surface area is 163 Å². The van der Waals surface area contributed by atoms with Crippen molar-refractivity contribution in [2.45, 2.75) is 0 Å². The number of rotatable bonds is 5. The van der Waals surface area contributed by atoms with Crippen molar-refractivity contribution in [2.24, 2.45) is 0 Å². The summed E-state index contributed by atoms with van der Waals surface area (Å²) in [5.74, 6) is -0.0966. The Morgan fingerprint density at radius 1 is 1.19 bits per heavy atom. The Hall–Kier alpha value is -3.03. The largest absolute Gasteiger partial charge is 0.490 e. The van der Waals surface area contributed by atoms with Gasteiger partial charge in [0.15, 0.2) is 11.5 Å². The third-order valence-electron chi connectivity index (χ3n) is 3.68. The van der Waals surface area contributed by atoms with Crippen LogP contribution < -0.4 is 10.1 Å². The van der Waals surface area contributed by atoms with Gasteiger partial charge in [0.1, 0.15) is 5.76 Å². The molecule has 0 unspecified atom stereocenters. The number of ether oxygens (including phenoxy) is 1. The number of methoxy groups -OCH3 is 1. The molecule has 3 rings (SSSR count). The molecule has 0 saturated heterocycles. The molecule has 3 aromatic rings. The fraction of sp³-hybridized carbons (Fsp3) is 0.0556. The number of nitrogens with one attached hydrogen (secondary N) is 1. The molecule has 0 aliphatic carbocycles. The Morgan fingerprint density at radius 2 is 1.96 bits per heavy atom. The maximum Gasteiger partial charge on any atom is 0.312 e. The van der Waals surface area contributed by atoms with Crippen LogP contribution in [0.1, 0.15) is 10.6 Å². The van der Waals surface area contributed by atoms with E-state index in [4.69, 9.17) is 32.4 Å². The molecular formula is C18H12Cl2N2O5. The quantitative estimate of drug-likeness (QED) is 0.450. The molecule has 0 aliphatic heterocycles. The normalized spacial score (nSPS) is 10.5. The lowest BCUT2D eigenvalue weighted by Crippen LogP contribution is -2.11. The maximum atomic E-state index is 12.4. The number of nitrogens with zero attached hydrogens (tertiary/aromatic N) is 1. The minimum atomic E-state index is -0.597. The van der Waals surface area contributed by atoms with Crippen LogP contribution in [0.3, 0.4) is 0 Å². The summed E-state index contributed by atoms with van der Waals surface area (Å²) in [4.78, 5) is 22.9. The molecular weight excluding hydrogens is 395 g/mol. The number of nitro groups is 1. The smallest absolute Gasteiger partial charge is 0.312 e. The molecule has 0 spiro atoms. The molecule has 1 heterocycles. The molecule has 1 N–H and O–H groups in total. The zero-order chi connectivity index (χ0) is 19.6. The predicted octanol–water partition coefficient (Wildman–Crippen LogP) is 5.42. The monoisotopic (exact) mass is 406 g/mol. The van der Waals surface area contributed by atoms with E-state index in [-0.39, 0.29) is 22.9 Å². The van der Waals surface area contributed by atoms with E-state index in [9.17, 15) is 14.9 Å². The molecule has 1 amide bonds. The van der Waals surface area contributed by atoms with Gasteiger partial charge in [-0.3, -0.25) is 14.9 Å². The highest BCUT2D eigenvalue weighted by Gasteiger charge is 2.18. The first-order valence-corrected chi connectivity index (χ1v) is 8.34. The van der Waals surface area contributed by atoms with Gasteiger partial charge in [-0.1, -0.05) is 29.3 Å². The summed E-state index contributed by atoms with van der Waals surface area (Å²) in [6.07, 6.45) is 0. The fourth-order valence-electron chi connectivity index (χ4n) is 2.40. The molecule has 9 heteroatoms. The van der Waals surface area contributed by atoms with Gasteiger partial charge in [0, 0.05) is 17.3 Å². The second-order valence-electron chi connectivity index (χ2n) is 5.36. The van der Waals surface area contributed by atoms with E-state index in [0.717, 1.165) is 0 Å². The Balaban J connectivity index is 1.84. The lowest BCUT2D eigenvalue weighted by atomic mass is 10.2. The fourth-order valence-corrected chi connectivity index (χ4v) is 2.80. The second-order valence-corrected chi connectivity index (χ2v) is 6.15. The van der Waals surface area contributed by atoms with Crippen molar-refractivity contribution in [3.8, 4) is 17.1 Å². The molecule has 0 radical (unpaired) electrons. The number of furan rings is 1. The van der Waals surface area contributed by atoms with Crippen molar-refractivity contribution in [1.29, 1.82) is 0 Å². The molecule has 0 aliphatic rings. The summed E-state index contributed by atoms with van der Waals surface area (Å²) in [7, 11) is 1.33. The van der Waals surface area contributed by atoms with Crippen LogP contribution in [-0.4, -0.2) is 17.9 Å². The number of amides is 1. The number of hydrogen-bond donors (Lipinski definition) is 1. The Morgan fingerprint density at radius 3 is 2.67 bits per heavy atom. The predicted molar refractivity (Wildman–Crippen MR) is 102 cm³/mol. The van der Waals surface area contributed by atoms with E-state index in [1.165, 1.54) is 31.4 Å². The van der Waals surface area contributed by atoms with E-state index in [2.05, 4.69) is 5.32 Å². The first-order valence-electron chi connectivity index (χ1n) is 7.58.